The number of nitrogens with zero attached hydrogens (tertiary/aromatic N) is 1. The van der Waals surface area contributed by atoms with Crippen molar-refractivity contribution in [1.29, 1.82) is 0 Å². The molecule has 38 heavy (non-hydrogen) atoms. The number of amides is 1. The lowest BCUT2D eigenvalue weighted by Gasteiger charge is -2.29. The standard InChI is InChI=1S/C26H30N2O9S/c1-6-16-21(37-23(30)13(2)3)15(5)35-25(32)17(12-34-24(16)31)28-22(29)19-20(14(4)9-10-27-19)36-26(33)18-8-7-11-38-18/h7-11,13,15-17,21H,6,12H2,1-5H3,(H,28,29). The molecule has 1 aliphatic heterocycles. The van der Waals surface area contributed by atoms with Crippen LogP contribution in [0.5, 0.6) is 5.75 Å². The topological polar surface area (TPSA) is 147 Å². The zero-order valence-electron chi connectivity index (χ0n) is 21.7. The van der Waals surface area contributed by atoms with Gasteiger partial charge in [-0.3, -0.25) is 14.4 Å². The van der Waals surface area contributed by atoms with E-state index in [1.807, 2.05) is 0 Å². The molecule has 11 nitrogen and oxygen atoms in total. The Labute approximate surface area is 223 Å². The molecule has 0 spiro atoms. The van der Waals surface area contributed by atoms with Gasteiger partial charge in [0.15, 0.2) is 23.6 Å². The summed E-state index contributed by atoms with van der Waals surface area (Å²) >= 11 is 1.18. The van der Waals surface area contributed by atoms with E-state index in [1.165, 1.54) is 24.5 Å². The van der Waals surface area contributed by atoms with Crippen molar-refractivity contribution in [1.82, 2.24) is 10.3 Å². The number of carbonyl (C=O) groups excluding carboxylic acids is 5. The average Bonchev–Trinajstić information content (AvgIpc) is 3.42. The summed E-state index contributed by atoms with van der Waals surface area (Å²) in [6, 6.07) is 3.44. The zero-order chi connectivity index (χ0) is 28.0. The third-order valence-corrected chi connectivity index (χ3v) is 6.69. The van der Waals surface area contributed by atoms with Crippen molar-refractivity contribution in [3.8, 4) is 5.75 Å². The van der Waals surface area contributed by atoms with Gasteiger partial charge in [0.05, 0.1) is 11.8 Å². The number of cyclic esters (lactones) is 2. The Morgan fingerprint density at radius 1 is 1.21 bits per heavy atom. The molecular weight excluding hydrogens is 516 g/mol. The highest BCUT2D eigenvalue weighted by atomic mass is 32.1. The Balaban J connectivity index is 1.82. The number of hydrogen-bond acceptors (Lipinski definition) is 11. The van der Waals surface area contributed by atoms with Crippen LogP contribution in [0.3, 0.4) is 0 Å². The summed E-state index contributed by atoms with van der Waals surface area (Å²) in [6.45, 7) is 7.62. The molecule has 1 saturated heterocycles. The van der Waals surface area contributed by atoms with Crippen molar-refractivity contribution < 1.29 is 42.9 Å². The van der Waals surface area contributed by atoms with Crippen molar-refractivity contribution in [2.45, 2.75) is 59.3 Å². The van der Waals surface area contributed by atoms with Gasteiger partial charge in [-0.1, -0.05) is 26.8 Å². The first-order valence-electron chi connectivity index (χ1n) is 12.1. The fourth-order valence-corrected chi connectivity index (χ4v) is 4.28. The number of thiophene rings is 1. The number of pyridine rings is 1. The first-order chi connectivity index (χ1) is 18.0. The van der Waals surface area contributed by atoms with Crippen LogP contribution >= 0.6 is 11.3 Å². The van der Waals surface area contributed by atoms with E-state index in [0.29, 0.717) is 10.4 Å². The molecule has 0 saturated carbocycles. The van der Waals surface area contributed by atoms with Crippen LogP contribution in [0, 0.1) is 18.8 Å². The first-order valence-corrected chi connectivity index (χ1v) is 13.0. The molecule has 2 aromatic heterocycles. The molecule has 1 amide bonds. The maximum absolute atomic E-state index is 13.2. The van der Waals surface area contributed by atoms with Gasteiger partial charge in [0.25, 0.3) is 5.91 Å². The third-order valence-electron chi connectivity index (χ3n) is 5.84. The van der Waals surface area contributed by atoms with Crippen LogP contribution in [0.1, 0.15) is 59.8 Å². The fraction of sp³-hybridized carbons (Fsp3) is 0.462. The maximum Gasteiger partial charge on any atom is 0.353 e. The molecule has 1 fully saturated rings. The molecule has 2 aromatic rings. The molecule has 4 unspecified atom stereocenters. The molecule has 204 valence electrons. The second-order valence-electron chi connectivity index (χ2n) is 9.04. The van der Waals surface area contributed by atoms with Gasteiger partial charge >= 0.3 is 23.9 Å². The monoisotopic (exact) mass is 546 g/mol. The lowest BCUT2D eigenvalue weighted by atomic mass is 9.95. The van der Waals surface area contributed by atoms with Crippen LogP contribution in [0.25, 0.3) is 0 Å². The number of nitrogens with one attached hydrogen (secondary N) is 1. The van der Waals surface area contributed by atoms with Crippen molar-refractivity contribution in [2.75, 3.05) is 6.61 Å². The Hall–Kier alpha value is -3.80. The molecular formula is C26H30N2O9S. The average molecular weight is 547 g/mol. The summed E-state index contributed by atoms with van der Waals surface area (Å²) in [5.41, 5.74) is 0.227. The number of carbonyl (C=O) groups is 5. The van der Waals surface area contributed by atoms with Gasteiger partial charge in [-0.15, -0.1) is 11.3 Å². The highest BCUT2D eigenvalue weighted by molar-refractivity contribution is 7.12. The number of aryl methyl sites for hydroxylation is 1. The second kappa shape index (κ2) is 12.6. The van der Waals surface area contributed by atoms with E-state index in [9.17, 15) is 24.0 Å². The van der Waals surface area contributed by atoms with Crippen LogP contribution < -0.4 is 10.1 Å². The van der Waals surface area contributed by atoms with E-state index in [1.54, 1.807) is 51.3 Å². The molecule has 1 N–H and O–H groups in total. The fourth-order valence-electron chi connectivity index (χ4n) is 3.68. The van der Waals surface area contributed by atoms with Gasteiger partial charge < -0.3 is 24.3 Å². The van der Waals surface area contributed by atoms with Crippen LogP contribution in [-0.2, 0) is 28.6 Å². The first kappa shape index (κ1) is 28.8. The smallest absolute Gasteiger partial charge is 0.353 e. The highest BCUT2D eigenvalue weighted by Gasteiger charge is 2.41. The third kappa shape index (κ3) is 6.74. The predicted octanol–water partition coefficient (Wildman–Crippen LogP) is 2.85. The summed E-state index contributed by atoms with van der Waals surface area (Å²) in [5, 5.41) is 4.17. The number of esters is 4. The number of rotatable bonds is 7. The summed E-state index contributed by atoms with van der Waals surface area (Å²) < 4.78 is 21.8. The number of aromatic nitrogens is 1. The van der Waals surface area contributed by atoms with Crippen LogP contribution in [0.4, 0.5) is 0 Å². The Kier molecular flexibility index (Phi) is 9.56. The van der Waals surface area contributed by atoms with Crippen molar-refractivity contribution in [3.05, 3.63) is 45.9 Å². The van der Waals surface area contributed by atoms with Crippen molar-refractivity contribution in [2.24, 2.45) is 11.8 Å². The van der Waals surface area contributed by atoms with E-state index in [-0.39, 0.29) is 17.9 Å². The minimum atomic E-state index is -1.39. The zero-order valence-corrected chi connectivity index (χ0v) is 22.5. The predicted molar refractivity (Wildman–Crippen MR) is 135 cm³/mol. The van der Waals surface area contributed by atoms with Gasteiger partial charge in [-0.2, -0.15) is 0 Å². The van der Waals surface area contributed by atoms with Crippen LogP contribution in [0.2, 0.25) is 0 Å². The van der Waals surface area contributed by atoms with Gasteiger partial charge in [0.2, 0.25) is 0 Å². The molecule has 0 bridgehead atoms. The number of hydrogen-bond donors (Lipinski definition) is 1. The maximum atomic E-state index is 13.2. The van der Waals surface area contributed by atoms with Crippen molar-refractivity contribution >= 4 is 41.1 Å². The molecule has 0 aliphatic carbocycles. The van der Waals surface area contributed by atoms with E-state index in [4.69, 9.17) is 18.9 Å². The summed E-state index contributed by atoms with van der Waals surface area (Å²) in [6.07, 6.45) is -0.447. The second-order valence-corrected chi connectivity index (χ2v) is 9.99. The van der Waals surface area contributed by atoms with Gasteiger partial charge in [0, 0.05) is 6.20 Å². The summed E-state index contributed by atoms with van der Waals surface area (Å²) in [4.78, 5) is 68.1. The van der Waals surface area contributed by atoms with Crippen molar-refractivity contribution in [3.63, 3.8) is 0 Å². The van der Waals surface area contributed by atoms with Crippen LogP contribution in [0.15, 0.2) is 29.8 Å². The molecule has 3 rings (SSSR count). The molecule has 1 aliphatic rings. The van der Waals surface area contributed by atoms with E-state index in [0.717, 1.165) is 0 Å². The Bertz CT molecular complexity index is 1200. The van der Waals surface area contributed by atoms with Gasteiger partial charge in [-0.05, 0) is 43.3 Å². The quantitative estimate of drug-likeness (QED) is 0.406. The van der Waals surface area contributed by atoms with Crippen LogP contribution in [-0.4, -0.2) is 59.6 Å². The summed E-state index contributed by atoms with van der Waals surface area (Å²) in [5.74, 6) is -5.07. The molecule has 0 radical (unpaired) electrons. The Morgan fingerprint density at radius 2 is 1.95 bits per heavy atom. The summed E-state index contributed by atoms with van der Waals surface area (Å²) in [7, 11) is 0. The number of ether oxygens (including phenoxy) is 4. The van der Waals surface area contributed by atoms with E-state index in [2.05, 4.69) is 10.3 Å². The normalized spacial score (nSPS) is 21.8. The molecule has 3 heterocycles. The van der Waals surface area contributed by atoms with E-state index < -0.39 is 66.5 Å². The Morgan fingerprint density at radius 3 is 2.58 bits per heavy atom. The molecule has 4 atom stereocenters. The lowest BCUT2D eigenvalue weighted by molar-refractivity contribution is -0.176. The molecule has 12 heteroatoms. The van der Waals surface area contributed by atoms with Gasteiger partial charge in [0.1, 0.15) is 17.6 Å². The minimum absolute atomic E-state index is 0.0723. The van der Waals surface area contributed by atoms with Gasteiger partial charge in [-0.25, -0.2) is 14.6 Å². The largest absolute Gasteiger partial charge is 0.463 e. The van der Waals surface area contributed by atoms with E-state index >= 15 is 0 Å². The minimum Gasteiger partial charge on any atom is -0.463 e. The lowest BCUT2D eigenvalue weighted by Crippen LogP contribution is -2.47. The molecule has 0 aromatic carbocycles. The SMILES string of the molecule is CCC1C(=O)OCC(NC(=O)c2nccc(C)c2OC(=O)c2cccs2)C(=O)OC(C)C1OC(=O)C(C)C. The highest BCUT2D eigenvalue weighted by Crippen LogP contribution is 2.25.